The van der Waals surface area contributed by atoms with Gasteiger partial charge in [0.1, 0.15) is 6.26 Å². The quantitative estimate of drug-likeness (QED) is 0.685. The van der Waals surface area contributed by atoms with Crippen LogP contribution < -0.4 is 0 Å². The predicted octanol–water partition coefficient (Wildman–Crippen LogP) is 2.88. The van der Waals surface area contributed by atoms with Crippen LogP contribution in [0.3, 0.4) is 0 Å². The summed E-state index contributed by atoms with van der Waals surface area (Å²) >= 11 is 0. The normalized spacial score (nSPS) is 22.9. The highest BCUT2D eigenvalue weighted by Gasteiger charge is 2.51. The Morgan fingerprint density at radius 1 is 1.48 bits per heavy atom. The van der Waals surface area contributed by atoms with Gasteiger partial charge in [-0.3, -0.25) is 4.90 Å². The van der Waals surface area contributed by atoms with Crippen molar-refractivity contribution in [1.29, 1.82) is 0 Å². The minimum atomic E-state index is -0.470. The Balaban J connectivity index is 2.05. The molecule has 1 aliphatic carbocycles. The van der Waals surface area contributed by atoms with E-state index in [2.05, 4.69) is 35.4 Å². The van der Waals surface area contributed by atoms with Crippen LogP contribution in [-0.2, 0) is 16.0 Å². The van der Waals surface area contributed by atoms with E-state index in [1.807, 2.05) is 6.92 Å². The van der Waals surface area contributed by atoms with Gasteiger partial charge in [0.2, 0.25) is 5.89 Å². The number of methoxy groups -OCH3 is 1. The highest BCUT2D eigenvalue weighted by atomic mass is 16.5. The summed E-state index contributed by atoms with van der Waals surface area (Å²) < 4.78 is 15.9. The van der Waals surface area contributed by atoms with Crippen LogP contribution in [0.2, 0.25) is 0 Å². The Morgan fingerprint density at radius 2 is 2.22 bits per heavy atom. The highest BCUT2D eigenvalue weighted by molar-refractivity contribution is 5.86. The number of rotatable bonds is 8. The van der Waals surface area contributed by atoms with E-state index in [4.69, 9.17) is 9.15 Å². The fourth-order valence-electron chi connectivity index (χ4n) is 3.36. The number of hydrogen-bond acceptors (Lipinski definition) is 6. The summed E-state index contributed by atoms with van der Waals surface area (Å²) in [4.78, 5) is 18.1. The van der Waals surface area contributed by atoms with E-state index in [-0.39, 0.29) is 11.1 Å². The number of nitrogens with zero attached hydrogens (tertiary/aromatic N) is 2. The molecule has 0 aromatic carbocycles. The van der Waals surface area contributed by atoms with Crippen LogP contribution in [-0.4, -0.2) is 48.3 Å². The Labute approximate surface area is 138 Å². The molecule has 0 N–H and O–H groups in total. The lowest BCUT2D eigenvalue weighted by atomic mass is 9.63. The first-order chi connectivity index (χ1) is 10.9. The van der Waals surface area contributed by atoms with E-state index in [0.29, 0.717) is 24.6 Å². The van der Waals surface area contributed by atoms with Gasteiger partial charge in [0.25, 0.3) is 0 Å². The fourth-order valence-corrected chi connectivity index (χ4v) is 3.36. The Morgan fingerprint density at radius 3 is 2.78 bits per heavy atom. The molecule has 23 heavy (non-hydrogen) atoms. The lowest BCUT2D eigenvalue weighted by Crippen LogP contribution is -2.62. The van der Waals surface area contributed by atoms with E-state index in [9.17, 15) is 4.79 Å². The molecule has 2 rings (SSSR count). The molecule has 1 heterocycles. The monoisotopic (exact) mass is 324 g/mol. The van der Waals surface area contributed by atoms with Gasteiger partial charge < -0.3 is 13.9 Å². The van der Waals surface area contributed by atoms with Gasteiger partial charge in [-0.25, -0.2) is 9.78 Å². The van der Waals surface area contributed by atoms with Gasteiger partial charge in [-0.1, -0.05) is 20.8 Å². The van der Waals surface area contributed by atoms with Crippen molar-refractivity contribution in [2.75, 3.05) is 20.3 Å². The molecule has 0 bridgehead atoms. The number of ether oxygens (including phenoxy) is 2. The average Bonchev–Trinajstić information content (AvgIpc) is 2.98. The first-order valence-electron chi connectivity index (χ1n) is 8.32. The third-order valence-electron chi connectivity index (χ3n) is 4.73. The molecule has 1 saturated carbocycles. The van der Waals surface area contributed by atoms with Crippen molar-refractivity contribution in [3.63, 3.8) is 0 Å². The van der Waals surface area contributed by atoms with Gasteiger partial charge in [-0.2, -0.15) is 0 Å². The second-order valence-corrected chi connectivity index (χ2v) is 6.61. The third-order valence-corrected chi connectivity index (χ3v) is 4.73. The first kappa shape index (κ1) is 17.9. The standard InChI is InChI=1S/C17H28N2O4/c1-6-8-19(13-9-14(22-7-2)17(13,3)4)10-15-18-12(11-23-15)16(20)21-5/h11,13-14H,6-10H2,1-5H3/t13-,14-/m0/s1. The lowest BCUT2D eigenvalue weighted by molar-refractivity contribution is -0.152. The molecule has 0 aliphatic heterocycles. The zero-order chi connectivity index (χ0) is 17.0. The molecule has 6 nitrogen and oxygen atoms in total. The predicted molar refractivity (Wildman–Crippen MR) is 86.1 cm³/mol. The number of aromatic nitrogens is 1. The molecule has 0 unspecified atom stereocenters. The Hall–Kier alpha value is -1.40. The fraction of sp³-hybridized carbons (Fsp3) is 0.765. The SMILES string of the molecule is CCCN(Cc1nc(C(=O)OC)co1)[C@H]1C[C@H](OCC)C1(C)C. The van der Waals surface area contributed by atoms with Crippen molar-refractivity contribution >= 4 is 5.97 Å². The van der Waals surface area contributed by atoms with Crippen LogP contribution in [0.1, 0.15) is 56.9 Å². The summed E-state index contributed by atoms with van der Waals surface area (Å²) in [6, 6.07) is 0.424. The number of carbonyl (C=O) groups excluding carboxylic acids is 1. The van der Waals surface area contributed by atoms with Gasteiger partial charge >= 0.3 is 5.97 Å². The minimum absolute atomic E-state index is 0.100. The molecule has 0 amide bonds. The third kappa shape index (κ3) is 3.75. The van der Waals surface area contributed by atoms with Crippen LogP contribution >= 0.6 is 0 Å². The molecule has 130 valence electrons. The number of hydrogen-bond donors (Lipinski definition) is 0. The van der Waals surface area contributed by atoms with E-state index >= 15 is 0 Å². The molecule has 1 fully saturated rings. The summed E-state index contributed by atoms with van der Waals surface area (Å²) in [5.41, 5.74) is 0.321. The maximum atomic E-state index is 11.5. The molecule has 0 spiro atoms. The van der Waals surface area contributed by atoms with Crippen LogP contribution in [0.15, 0.2) is 10.7 Å². The molecule has 2 atom stereocenters. The van der Waals surface area contributed by atoms with E-state index in [0.717, 1.165) is 26.0 Å². The number of carbonyl (C=O) groups is 1. The largest absolute Gasteiger partial charge is 0.464 e. The molecular weight excluding hydrogens is 296 g/mol. The van der Waals surface area contributed by atoms with Crippen molar-refractivity contribution in [2.45, 2.75) is 59.2 Å². The summed E-state index contributed by atoms with van der Waals surface area (Å²) in [5, 5.41) is 0. The van der Waals surface area contributed by atoms with Crippen LogP contribution in [0.25, 0.3) is 0 Å². The average molecular weight is 324 g/mol. The van der Waals surface area contributed by atoms with Crippen LogP contribution in [0.4, 0.5) is 0 Å². The van der Waals surface area contributed by atoms with Gasteiger partial charge in [0.05, 0.1) is 19.8 Å². The van der Waals surface area contributed by atoms with Gasteiger partial charge in [-0.15, -0.1) is 0 Å². The van der Waals surface area contributed by atoms with Crippen molar-refractivity contribution < 1.29 is 18.7 Å². The number of esters is 1. The molecule has 1 aromatic rings. The molecular formula is C17H28N2O4. The summed E-state index contributed by atoms with van der Waals surface area (Å²) in [6.45, 7) is 11.0. The van der Waals surface area contributed by atoms with E-state index < -0.39 is 5.97 Å². The van der Waals surface area contributed by atoms with Crippen molar-refractivity contribution in [3.05, 3.63) is 17.8 Å². The second-order valence-electron chi connectivity index (χ2n) is 6.61. The maximum absolute atomic E-state index is 11.5. The van der Waals surface area contributed by atoms with E-state index in [1.165, 1.54) is 13.4 Å². The second kappa shape index (κ2) is 7.45. The molecule has 1 aromatic heterocycles. The topological polar surface area (TPSA) is 64.8 Å². The molecule has 0 radical (unpaired) electrons. The van der Waals surface area contributed by atoms with Crippen LogP contribution in [0, 0.1) is 5.41 Å². The first-order valence-corrected chi connectivity index (χ1v) is 8.32. The number of oxazole rings is 1. The maximum Gasteiger partial charge on any atom is 0.360 e. The van der Waals surface area contributed by atoms with Gasteiger partial charge in [0, 0.05) is 18.1 Å². The summed E-state index contributed by atoms with van der Waals surface area (Å²) in [5.74, 6) is 0.0805. The molecule has 1 aliphatic rings. The Kier molecular flexibility index (Phi) is 5.81. The van der Waals surface area contributed by atoms with E-state index in [1.54, 1.807) is 0 Å². The summed E-state index contributed by atoms with van der Waals surface area (Å²) in [6.07, 6.45) is 3.73. The Bertz CT molecular complexity index is 526. The lowest BCUT2D eigenvalue weighted by Gasteiger charge is -2.55. The van der Waals surface area contributed by atoms with Crippen molar-refractivity contribution in [2.24, 2.45) is 5.41 Å². The molecule has 6 heteroatoms. The van der Waals surface area contributed by atoms with Crippen molar-refractivity contribution in [1.82, 2.24) is 9.88 Å². The van der Waals surface area contributed by atoms with Crippen LogP contribution in [0.5, 0.6) is 0 Å². The van der Waals surface area contributed by atoms with Gasteiger partial charge in [0.15, 0.2) is 5.69 Å². The smallest absolute Gasteiger partial charge is 0.360 e. The zero-order valence-electron chi connectivity index (χ0n) is 14.8. The van der Waals surface area contributed by atoms with Gasteiger partial charge in [-0.05, 0) is 26.3 Å². The zero-order valence-corrected chi connectivity index (χ0v) is 14.8. The minimum Gasteiger partial charge on any atom is -0.464 e. The van der Waals surface area contributed by atoms with Crippen molar-refractivity contribution in [3.8, 4) is 0 Å². The highest BCUT2D eigenvalue weighted by Crippen LogP contribution is 2.46. The molecule has 0 saturated heterocycles. The summed E-state index contributed by atoms with van der Waals surface area (Å²) in [7, 11) is 1.34.